The van der Waals surface area contributed by atoms with E-state index in [2.05, 4.69) is 17.5 Å². The fourth-order valence-electron chi connectivity index (χ4n) is 3.68. The van der Waals surface area contributed by atoms with Gasteiger partial charge in [0.1, 0.15) is 5.75 Å². The van der Waals surface area contributed by atoms with Crippen LogP contribution in [0.5, 0.6) is 5.75 Å². The number of anilines is 2. The van der Waals surface area contributed by atoms with Crippen molar-refractivity contribution in [2.45, 2.75) is 31.6 Å². The minimum atomic E-state index is 0.378. The Hall–Kier alpha value is -2.22. The van der Waals surface area contributed by atoms with Gasteiger partial charge in [0, 0.05) is 11.6 Å². The maximum atomic E-state index is 10.5. The number of benzene rings is 2. The van der Waals surface area contributed by atoms with Crippen LogP contribution in [0.25, 0.3) is 0 Å². The smallest absolute Gasteiger partial charge is 0.139 e. The van der Waals surface area contributed by atoms with Crippen LogP contribution >= 0.6 is 0 Å². The summed E-state index contributed by atoms with van der Waals surface area (Å²) in [7, 11) is 0. The van der Waals surface area contributed by atoms with Crippen molar-refractivity contribution in [2.24, 2.45) is 0 Å². The molecular formula is C19H19NO. The molecule has 0 aromatic heterocycles. The number of aromatic hydroxyl groups is 1. The summed E-state index contributed by atoms with van der Waals surface area (Å²) in [5, 5.41) is 13.9. The van der Waals surface area contributed by atoms with Crippen LogP contribution in [0.3, 0.4) is 0 Å². The first-order valence-corrected chi connectivity index (χ1v) is 7.69. The molecule has 2 N–H and O–H groups in total. The molecular weight excluding hydrogens is 258 g/mol. The van der Waals surface area contributed by atoms with Gasteiger partial charge in [0.2, 0.25) is 0 Å². The van der Waals surface area contributed by atoms with Crippen LogP contribution in [0.2, 0.25) is 0 Å². The van der Waals surface area contributed by atoms with Crippen LogP contribution in [0.1, 0.15) is 35.4 Å². The lowest BCUT2D eigenvalue weighted by Gasteiger charge is -2.31. The number of rotatable bonds is 2. The van der Waals surface area contributed by atoms with Gasteiger partial charge in [0.25, 0.3) is 0 Å². The highest BCUT2D eigenvalue weighted by Crippen LogP contribution is 2.45. The number of aryl methyl sites for hydroxylation is 1. The summed E-state index contributed by atoms with van der Waals surface area (Å²) >= 11 is 0. The summed E-state index contributed by atoms with van der Waals surface area (Å²) in [4.78, 5) is 0. The lowest BCUT2D eigenvalue weighted by atomic mass is 9.76. The van der Waals surface area contributed by atoms with Gasteiger partial charge in [-0.1, -0.05) is 30.4 Å². The van der Waals surface area contributed by atoms with Crippen LogP contribution < -0.4 is 5.32 Å². The minimum absolute atomic E-state index is 0.378. The van der Waals surface area contributed by atoms with E-state index in [9.17, 15) is 5.11 Å². The van der Waals surface area contributed by atoms with Crippen molar-refractivity contribution in [3.8, 4) is 5.75 Å². The number of nitrogens with one attached hydrogen (secondary N) is 1. The Morgan fingerprint density at radius 2 is 2.00 bits per heavy atom. The lowest BCUT2D eigenvalue weighted by molar-refractivity contribution is 0.474. The molecule has 0 heterocycles. The summed E-state index contributed by atoms with van der Waals surface area (Å²) in [5.41, 5.74) is 5.98. The third-order valence-electron chi connectivity index (χ3n) is 4.61. The second-order valence-corrected chi connectivity index (χ2v) is 5.94. The molecule has 0 spiro atoms. The molecule has 2 aliphatic carbocycles. The van der Waals surface area contributed by atoms with E-state index in [1.54, 1.807) is 0 Å². The summed E-state index contributed by atoms with van der Waals surface area (Å²) in [6, 6.07) is 12.0. The molecule has 0 saturated carbocycles. The van der Waals surface area contributed by atoms with E-state index in [-0.39, 0.29) is 0 Å². The van der Waals surface area contributed by atoms with Gasteiger partial charge in [-0.3, -0.25) is 0 Å². The molecule has 0 saturated heterocycles. The van der Waals surface area contributed by atoms with Gasteiger partial charge in [0.15, 0.2) is 0 Å². The first-order valence-electron chi connectivity index (χ1n) is 7.69. The maximum absolute atomic E-state index is 10.5. The predicted molar refractivity (Wildman–Crippen MR) is 86.4 cm³/mol. The number of phenolic OH excluding ortho intramolecular Hbond substituents is 1. The molecule has 0 aliphatic heterocycles. The zero-order valence-electron chi connectivity index (χ0n) is 12.0. The monoisotopic (exact) mass is 277 g/mol. The van der Waals surface area contributed by atoms with Gasteiger partial charge in [-0.15, -0.1) is 0 Å². The van der Waals surface area contributed by atoms with Gasteiger partial charge in [-0.25, -0.2) is 0 Å². The molecule has 21 heavy (non-hydrogen) atoms. The Morgan fingerprint density at radius 1 is 1.14 bits per heavy atom. The average Bonchev–Trinajstić information content (AvgIpc) is 2.52. The number of hydrogen-bond acceptors (Lipinski definition) is 2. The van der Waals surface area contributed by atoms with E-state index in [0.29, 0.717) is 11.7 Å². The first kappa shape index (κ1) is 12.5. The Labute approximate surface area is 125 Å². The largest absolute Gasteiger partial charge is 0.506 e. The van der Waals surface area contributed by atoms with Gasteiger partial charge < -0.3 is 10.4 Å². The van der Waals surface area contributed by atoms with E-state index in [1.165, 1.54) is 29.5 Å². The number of hydrogen-bond donors (Lipinski definition) is 2. The molecule has 2 aromatic rings. The van der Waals surface area contributed by atoms with Crippen LogP contribution in [0.4, 0.5) is 11.4 Å². The van der Waals surface area contributed by atoms with Gasteiger partial charge in [-0.05, 0) is 60.6 Å². The minimum Gasteiger partial charge on any atom is -0.506 e. The SMILES string of the molecule is Oc1cc2c3c(c1Nc1ccccc1)CC=C[C@H]3CCC2. The quantitative estimate of drug-likeness (QED) is 0.617. The number of phenols is 1. The van der Waals surface area contributed by atoms with E-state index in [1.807, 2.05) is 36.4 Å². The summed E-state index contributed by atoms with van der Waals surface area (Å²) in [6.45, 7) is 0. The number of allylic oxidation sites excluding steroid dienone is 2. The molecule has 0 amide bonds. The highest BCUT2D eigenvalue weighted by Gasteiger charge is 2.27. The zero-order chi connectivity index (χ0) is 14.2. The standard InChI is InChI=1S/C19H19NO/c21-17-12-14-8-4-6-13-7-5-11-16(18(13)14)19(17)20-15-9-2-1-3-10-15/h1-3,5,7,9-10,12-13,20-21H,4,6,8,11H2/t13-/m1/s1. The lowest BCUT2D eigenvalue weighted by Crippen LogP contribution is -2.15. The normalized spacial score (nSPS) is 19.1. The molecule has 2 nitrogen and oxygen atoms in total. The third kappa shape index (κ3) is 2.11. The van der Waals surface area contributed by atoms with Gasteiger partial charge in [0.05, 0.1) is 5.69 Å². The Morgan fingerprint density at radius 3 is 2.86 bits per heavy atom. The average molecular weight is 277 g/mol. The fourth-order valence-corrected chi connectivity index (χ4v) is 3.68. The summed E-state index contributed by atoms with van der Waals surface area (Å²) in [5.74, 6) is 0.915. The van der Waals surface area contributed by atoms with Crippen LogP contribution in [0.15, 0.2) is 48.6 Å². The van der Waals surface area contributed by atoms with Crippen LogP contribution in [-0.4, -0.2) is 5.11 Å². The first-order chi connectivity index (χ1) is 10.3. The second kappa shape index (κ2) is 4.96. The van der Waals surface area contributed by atoms with E-state index >= 15 is 0 Å². The Bertz CT molecular complexity index is 703. The van der Waals surface area contributed by atoms with E-state index in [0.717, 1.165) is 24.2 Å². The van der Waals surface area contributed by atoms with Crippen molar-refractivity contribution in [3.63, 3.8) is 0 Å². The van der Waals surface area contributed by atoms with Crippen molar-refractivity contribution in [3.05, 3.63) is 65.2 Å². The van der Waals surface area contributed by atoms with E-state index in [4.69, 9.17) is 0 Å². The van der Waals surface area contributed by atoms with E-state index < -0.39 is 0 Å². The molecule has 2 aliphatic rings. The summed E-state index contributed by atoms with van der Waals surface area (Å²) in [6.07, 6.45) is 9.03. The van der Waals surface area contributed by atoms with Crippen molar-refractivity contribution < 1.29 is 5.11 Å². The number of para-hydroxylation sites is 1. The predicted octanol–water partition coefficient (Wildman–Crippen LogP) is 4.67. The van der Waals surface area contributed by atoms with Gasteiger partial charge in [-0.2, -0.15) is 0 Å². The summed E-state index contributed by atoms with van der Waals surface area (Å²) < 4.78 is 0. The van der Waals surface area contributed by atoms with Crippen molar-refractivity contribution in [1.29, 1.82) is 0 Å². The van der Waals surface area contributed by atoms with Crippen LogP contribution in [-0.2, 0) is 12.8 Å². The highest BCUT2D eigenvalue weighted by molar-refractivity contribution is 5.74. The molecule has 0 bridgehead atoms. The van der Waals surface area contributed by atoms with Crippen LogP contribution in [0, 0.1) is 0 Å². The maximum Gasteiger partial charge on any atom is 0.139 e. The Kier molecular flexibility index (Phi) is 2.95. The zero-order valence-corrected chi connectivity index (χ0v) is 12.0. The highest BCUT2D eigenvalue weighted by atomic mass is 16.3. The Balaban J connectivity index is 1.84. The molecule has 106 valence electrons. The molecule has 2 aromatic carbocycles. The fraction of sp³-hybridized carbons (Fsp3) is 0.263. The third-order valence-corrected chi connectivity index (χ3v) is 4.61. The second-order valence-electron chi connectivity index (χ2n) is 5.94. The molecule has 0 radical (unpaired) electrons. The van der Waals surface area contributed by atoms with Crippen molar-refractivity contribution in [2.75, 3.05) is 5.32 Å². The molecule has 0 unspecified atom stereocenters. The topological polar surface area (TPSA) is 32.3 Å². The van der Waals surface area contributed by atoms with Gasteiger partial charge >= 0.3 is 0 Å². The molecule has 0 fully saturated rings. The van der Waals surface area contributed by atoms with Crippen molar-refractivity contribution >= 4 is 11.4 Å². The molecule has 1 atom stereocenters. The van der Waals surface area contributed by atoms with Crippen molar-refractivity contribution in [1.82, 2.24) is 0 Å². The molecule has 4 rings (SSSR count). The molecule has 2 heteroatoms.